The van der Waals surface area contributed by atoms with Crippen molar-refractivity contribution in [3.05, 3.63) is 81.9 Å². The first kappa shape index (κ1) is 31.6. The van der Waals surface area contributed by atoms with Gasteiger partial charge in [-0.05, 0) is 69.1 Å². The Kier molecular flexibility index (Phi) is 13.7. The summed E-state index contributed by atoms with van der Waals surface area (Å²) in [5.74, 6) is 5.12. The molecule has 4 N–H and O–H groups in total. The topological polar surface area (TPSA) is 93.3 Å². The molecule has 11 heteroatoms. The second kappa shape index (κ2) is 15.6. The maximum absolute atomic E-state index is 12.6. The lowest BCUT2D eigenvalue weighted by Gasteiger charge is -2.14. The smallest absolute Gasteiger partial charge is 0.416 e. The number of nitrogens with two attached hydrogens (primary N) is 1. The van der Waals surface area contributed by atoms with E-state index in [0.29, 0.717) is 23.1 Å². The van der Waals surface area contributed by atoms with Crippen molar-refractivity contribution < 1.29 is 23.1 Å². The Balaban J connectivity index is 0.000000346. The van der Waals surface area contributed by atoms with Gasteiger partial charge in [-0.25, -0.2) is 15.9 Å². The lowest BCUT2D eigenvalue weighted by atomic mass is 10.0. The first-order valence-corrected chi connectivity index (χ1v) is 11.9. The van der Waals surface area contributed by atoms with E-state index < -0.39 is 11.7 Å². The van der Waals surface area contributed by atoms with E-state index in [1.54, 1.807) is 13.8 Å². The molecule has 0 spiro atoms. The molecular formula is C25H31Cl2F3N4O2. The maximum Gasteiger partial charge on any atom is 0.416 e. The Morgan fingerprint density at radius 1 is 1.14 bits per heavy atom. The van der Waals surface area contributed by atoms with Crippen LogP contribution in [-0.4, -0.2) is 34.1 Å². The van der Waals surface area contributed by atoms with Crippen LogP contribution < -0.4 is 16.0 Å². The highest BCUT2D eigenvalue weighted by molar-refractivity contribution is 6.31. The average molecular weight is 547 g/mol. The summed E-state index contributed by atoms with van der Waals surface area (Å²) in [6.45, 7) is 5.55. The van der Waals surface area contributed by atoms with Gasteiger partial charge >= 0.3 is 6.18 Å². The third-order valence-corrected chi connectivity index (χ3v) is 5.75. The minimum absolute atomic E-state index is 0.102. The average Bonchev–Trinajstić information content (AvgIpc) is 2.86. The number of nitrogens with one attached hydrogen (secondary N) is 1. The largest absolute Gasteiger partial charge is 0.454 e. The molecule has 36 heavy (non-hydrogen) atoms. The molecule has 0 bridgehead atoms. The highest BCUT2D eigenvalue weighted by atomic mass is 35.5. The first-order valence-electron chi connectivity index (χ1n) is 11.0. The molecule has 1 heterocycles. The van der Waals surface area contributed by atoms with Crippen molar-refractivity contribution in [2.75, 3.05) is 12.9 Å². The van der Waals surface area contributed by atoms with Crippen LogP contribution in [-0.2, 0) is 19.0 Å². The number of ether oxygens (including phenoxy) is 1. The molecule has 1 unspecified atom stereocenters. The second-order valence-electron chi connectivity index (χ2n) is 7.62. The molecule has 0 aliphatic rings. The molecule has 0 fully saturated rings. The second-order valence-corrected chi connectivity index (χ2v) is 8.33. The van der Waals surface area contributed by atoms with Gasteiger partial charge in [0.05, 0.1) is 17.5 Å². The van der Waals surface area contributed by atoms with Crippen molar-refractivity contribution in [3.63, 3.8) is 0 Å². The van der Waals surface area contributed by atoms with Crippen LogP contribution >= 0.6 is 23.2 Å². The van der Waals surface area contributed by atoms with Crippen LogP contribution in [0.5, 0.6) is 11.5 Å². The third kappa shape index (κ3) is 10.3. The standard InChI is InChI=1S/C13H11F3N2O.C12H17Cl2N.H3NO/c1-8-12(7-17-9(2)18-8)19-11-5-3-4-10(6-11)13(14,15)16;1-3-9-4-5-10(12(14)6-9)7-11(8-13)15-2;1-2/h3-7H,1-2H3;4-6,11,15H,3,7-8H2,1-2H3;2H,1H2. The number of nitrogens with zero attached hydrogens (tertiary/aromatic N) is 2. The molecule has 3 rings (SSSR count). The van der Waals surface area contributed by atoms with Crippen molar-refractivity contribution in [1.82, 2.24) is 15.3 Å². The Hall–Kier alpha value is -2.43. The number of aromatic nitrogens is 2. The zero-order valence-electron chi connectivity index (χ0n) is 20.5. The molecular weight excluding hydrogens is 516 g/mol. The number of alkyl halides is 4. The Bertz CT molecular complexity index is 1080. The van der Waals surface area contributed by atoms with E-state index in [0.717, 1.165) is 35.6 Å². The molecule has 2 aromatic carbocycles. The van der Waals surface area contributed by atoms with E-state index in [1.807, 2.05) is 13.1 Å². The van der Waals surface area contributed by atoms with Gasteiger partial charge in [0.15, 0.2) is 5.75 Å². The normalized spacial score (nSPS) is 11.5. The SMILES string of the molecule is CCc1ccc(CC(CCl)NC)c(Cl)c1.Cc1ncc(Oc2cccc(C(F)(F)F)c2)c(C)n1.NO. The fourth-order valence-corrected chi connectivity index (χ4v) is 3.55. The lowest BCUT2D eigenvalue weighted by molar-refractivity contribution is -0.137. The van der Waals surface area contributed by atoms with Gasteiger partial charge in [-0.3, -0.25) is 0 Å². The summed E-state index contributed by atoms with van der Waals surface area (Å²) in [5, 5.41) is 10.5. The molecule has 0 amide bonds. The molecule has 1 aromatic heterocycles. The highest BCUT2D eigenvalue weighted by Crippen LogP contribution is 2.33. The summed E-state index contributed by atoms with van der Waals surface area (Å²) in [7, 11) is 1.92. The van der Waals surface area contributed by atoms with Gasteiger partial charge in [0, 0.05) is 16.9 Å². The zero-order chi connectivity index (χ0) is 27.3. The summed E-state index contributed by atoms with van der Waals surface area (Å²) in [6.07, 6.45) is -1.05. The van der Waals surface area contributed by atoms with Crippen LogP contribution in [0.15, 0.2) is 48.7 Å². The van der Waals surface area contributed by atoms with Gasteiger partial charge in [0.25, 0.3) is 0 Å². The van der Waals surface area contributed by atoms with Gasteiger partial charge in [-0.1, -0.05) is 36.7 Å². The number of hydrogen-bond acceptors (Lipinski definition) is 6. The fraction of sp³-hybridized carbons (Fsp3) is 0.360. The van der Waals surface area contributed by atoms with E-state index in [-0.39, 0.29) is 11.8 Å². The summed E-state index contributed by atoms with van der Waals surface area (Å²) < 4.78 is 43.1. The summed E-state index contributed by atoms with van der Waals surface area (Å²) in [4.78, 5) is 8.03. The Morgan fingerprint density at radius 3 is 2.36 bits per heavy atom. The van der Waals surface area contributed by atoms with Crippen molar-refractivity contribution >= 4 is 23.2 Å². The van der Waals surface area contributed by atoms with Crippen LogP contribution in [0.1, 0.15) is 35.1 Å². The van der Waals surface area contributed by atoms with E-state index in [9.17, 15) is 13.2 Å². The predicted molar refractivity (Wildman–Crippen MR) is 137 cm³/mol. The Labute approximate surface area is 219 Å². The molecule has 3 aromatic rings. The van der Waals surface area contributed by atoms with E-state index in [4.69, 9.17) is 33.1 Å². The zero-order valence-corrected chi connectivity index (χ0v) is 22.0. The minimum atomic E-state index is -4.39. The molecule has 0 aliphatic carbocycles. The van der Waals surface area contributed by atoms with Crippen LogP contribution in [0.2, 0.25) is 5.02 Å². The van der Waals surface area contributed by atoms with Gasteiger partial charge in [-0.15, -0.1) is 11.6 Å². The van der Waals surface area contributed by atoms with E-state index >= 15 is 0 Å². The summed E-state index contributed by atoms with van der Waals surface area (Å²) in [6, 6.07) is 11.2. The molecule has 0 radical (unpaired) electrons. The van der Waals surface area contributed by atoms with Gasteiger partial charge < -0.3 is 15.3 Å². The quantitative estimate of drug-likeness (QED) is 0.231. The maximum atomic E-state index is 12.6. The van der Waals surface area contributed by atoms with Crippen LogP contribution in [0.25, 0.3) is 0 Å². The van der Waals surface area contributed by atoms with Crippen LogP contribution in [0.3, 0.4) is 0 Å². The van der Waals surface area contributed by atoms with Gasteiger partial charge in [0.1, 0.15) is 11.6 Å². The molecule has 6 nitrogen and oxygen atoms in total. The molecule has 198 valence electrons. The molecule has 0 aliphatic heterocycles. The van der Waals surface area contributed by atoms with Crippen molar-refractivity contribution in [1.29, 1.82) is 0 Å². The number of hydrogen-bond donors (Lipinski definition) is 3. The number of benzene rings is 2. The minimum Gasteiger partial charge on any atom is -0.454 e. The monoisotopic (exact) mass is 546 g/mol. The molecule has 0 saturated heterocycles. The van der Waals surface area contributed by atoms with Gasteiger partial charge in [0.2, 0.25) is 0 Å². The lowest BCUT2D eigenvalue weighted by Crippen LogP contribution is -2.29. The van der Waals surface area contributed by atoms with Crippen molar-refractivity contribution in [3.8, 4) is 11.5 Å². The summed E-state index contributed by atoms with van der Waals surface area (Å²) in [5.41, 5.74) is 2.25. The number of likely N-dealkylation sites (N-methyl/N-ethyl adjacent to an activating group) is 1. The van der Waals surface area contributed by atoms with Crippen molar-refractivity contribution in [2.24, 2.45) is 5.90 Å². The van der Waals surface area contributed by atoms with Crippen LogP contribution in [0, 0.1) is 13.8 Å². The third-order valence-electron chi connectivity index (χ3n) is 5.03. The van der Waals surface area contributed by atoms with Gasteiger partial charge in [-0.2, -0.15) is 13.2 Å². The molecule has 1 atom stereocenters. The number of rotatable bonds is 7. The fourth-order valence-electron chi connectivity index (χ4n) is 3.01. The van der Waals surface area contributed by atoms with E-state index in [1.165, 1.54) is 23.9 Å². The molecule has 0 saturated carbocycles. The highest BCUT2D eigenvalue weighted by Gasteiger charge is 2.30. The van der Waals surface area contributed by atoms with Crippen molar-refractivity contribution in [2.45, 2.75) is 45.8 Å². The Morgan fingerprint density at radius 2 is 1.83 bits per heavy atom. The predicted octanol–water partition coefficient (Wildman–Crippen LogP) is 6.51. The summed E-state index contributed by atoms with van der Waals surface area (Å²) >= 11 is 12.0. The first-order chi connectivity index (χ1) is 17.1. The van der Waals surface area contributed by atoms with E-state index in [2.05, 4.69) is 40.2 Å². The van der Waals surface area contributed by atoms with Crippen LogP contribution in [0.4, 0.5) is 13.2 Å². The number of aryl methyl sites for hydroxylation is 3. The number of halogens is 5.